The molecule has 3 aromatic rings. The van der Waals surface area contributed by atoms with E-state index in [2.05, 4.69) is 15.4 Å². The Kier molecular flexibility index (Phi) is 4.80. The Hall–Kier alpha value is -2.76. The van der Waals surface area contributed by atoms with Crippen LogP contribution in [0.2, 0.25) is 0 Å². The lowest BCUT2D eigenvalue weighted by Gasteiger charge is -2.26. The van der Waals surface area contributed by atoms with Crippen LogP contribution in [0.4, 0.5) is 0 Å². The summed E-state index contributed by atoms with van der Waals surface area (Å²) in [5.74, 6) is 1.17. The number of aryl methyl sites for hydroxylation is 1. The lowest BCUT2D eigenvalue weighted by atomic mass is 10.0. The maximum atomic E-state index is 12.2. The van der Waals surface area contributed by atoms with Gasteiger partial charge in [0.2, 0.25) is 12.1 Å². The van der Waals surface area contributed by atoms with Crippen molar-refractivity contribution in [1.29, 1.82) is 0 Å². The molecule has 3 atom stereocenters. The average Bonchev–Trinajstić information content (AvgIpc) is 3.45. The van der Waals surface area contributed by atoms with Gasteiger partial charge in [0, 0.05) is 18.5 Å². The summed E-state index contributed by atoms with van der Waals surface area (Å²) in [6.07, 6.45) is -0.680. The number of rotatable bonds is 5. The van der Waals surface area contributed by atoms with Gasteiger partial charge in [-0.15, -0.1) is 10.2 Å². The molecule has 4 heterocycles. The number of ether oxygens (including phenoxy) is 2. The number of carbonyl (C=O) groups excluding carboxylic acids is 1. The van der Waals surface area contributed by atoms with Crippen LogP contribution < -0.4 is 0 Å². The third-order valence-corrected chi connectivity index (χ3v) is 5.86. The fourth-order valence-electron chi connectivity index (χ4n) is 3.83. The Labute approximate surface area is 177 Å². The number of nitrogens with zero attached hydrogens (tertiary/aromatic N) is 7. The molecule has 1 aromatic carbocycles. The molecule has 0 amide bonds. The molecule has 0 aliphatic carbocycles. The lowest BCUT2D eigenvalue weighted by Crippen LogP contribution is -2.37. The second kappa shape index (κ2) is 7.49. The third kappa shape index (κ3) is 3.28. The minimum absolute atomic E-state index is 0.0797. The molecule has 2 aromatic heterocycles. The Balaban J connectivity index is 1.43. The number of ketones is 1. The lowest BCUT2D eigenvalue weighted by molar-refractivity contribution is -0.156. The molecule has 2 aliphatic rings. The molecular weight excluding hydrogens is 406 g/mol. The molecule has 10 nitrogen and oxygen atoms in total. The first kappa shape index (κ1) is 19.2. The Morgan fingerprint density at radius 2 is 2.03 bits per heavy atom. The zero-order chi connectivity index (χ0) is 20.8. The van der Waals surface area contributed by atoms with Crippen LogP contribution in [0.3, 0.4) is 0 Å². The number of fused-ring (bicyclic) bond motifs is 2. The number of Topliss-reactive ketones (excluding diaryl/α,β-unsaturated/α-hetero) is 1. The molecule has 11 heteroatoms. The number of carbonyl (C=O) groups is 1. The number of hydrogen-bond acceptors (Lipinski definition) is 8. The van der Waals surface area contributed by atoms with Crippen molar-refractivity contribution in [2.45, 2.75) is 51.8 Å². The quantitative estimate of drug-likeness (QED) is 0.567. The first-order valence-corrected chi connectivity index (χ1v) is 10.3. The van der Waals surface area contributed by atoms with Gasteiger partial charge >= 0.3 is 0 Å². The normalized spacial score (nSPS) is 23.3. The van der Waals surface area contributed by atoms with Gasteiger partial charge in [0.05, 0.1) is 12.6 Å². The van der Waals surface area contributed by atoms with Crippen molar-refractivity contribution in [3.63, 3.8) is 0 Å². The molecule has 5 rings (SSSR count). The minimum Gasteiger partial charge on any atom is -0.343 e. The van der Waals surface area contributed by atoms with Crippen molar-refractivity contribution in [2.75, 3.05) is 6.61 Å². The van der Waals surface area contributed by atoms with Crippen LogP contribution in [0, 0.1) is 11.7 Å². The summed E-state index contributed by atoms with van der Waals surface area (Å²) in [6, 6.07) is 7.68. The predicted octanol–water partition coefficient (Wildman–Crippen LogP) is 1.70. The van der Waals surface area contributed by atoms with E-state index < -0.39 is 6.29 Å². The van der Waals surface area contributed by atoms with Crippen molar-refractivity contribution in [3.05, 3.63) is 40.4 Å². The molecule has 2 fully saturated rings. The van der Waals surface area contributed by atoms with Crippen LogP contribution in [0.5, 0.6) is 0 Å². The van der Waals surface area contributed by atoms with Crippen molar-refractivity contribution >= 4 is 18.0 Å². The average molecular weight is 427 g/mol. The van der Waals surface area contributed by atoms with Gasteiger partial charge < -0.3 is 14.0 Å². The smallest absolute Gasteiger partial charge is 0.218 e. The number of aromatic nitrogens is 7. The highest BCUT2D eigenvalue weighted by Gasteiger charge is 2.45. The fraction of sp³-hybridized carbons (Fsp3) is 0.474. The number of hydrogen-bond donors (Lipinski definition) is 0. The van der Waals surface area contributed by atoms with E-state index in [1.165, 1.54) is 10.4 Å². The van der Waals surface area contributed by atoms with E-state index in [1.807, 2.05) is 42.7 Å². The van der Waals surface area contributed by atoms with Crippen LogP contribution >= 0.6 is 12.2 Å². The largest absolute Gasteiger partial charge is 0.343 e. The van der Waals surface area contributed by atoms with Gasteiger partial charge in [-0.1, -0.05) is 29.8 Å². The van der Waals surface area contributed by atoms with Crippen LogP contribution in [-0.4, -0.2) is 59.3 Å². The molecule has 2 aliphatic heterocycles. The fourth-order valence-corrected chi connectivity index (χ4v) is 4.24. The summed E-state index contributed by atoms with van der Waals surface area (Å²) in [7, 11) is 0. The molecule has 0 spiro atoms. The van der Waals surface area contributed by atoms with E-state index in [1.54, 1.807) is 4.68 Å². The number of tetrazole rings is 1. The predicted molar refractivity (Wildman–Crippen MR) is 107 cm³/mol. The zero-order valence-electron chi connectivity index (χ0n) is 16.6. The molecule has 30 heavy (non-hydrogen) atoms. The standard InChI is InChI=1S/C19H21N7O3S/c1-3-24-16(9-25-22-17(20-23-25)12-6-4-11(2)5-7-12)21-26(19(24)30)13-8-14(27)18-28-10-15(13)29-18/h4-7,13,15,18H,3,8-10H2,1-2H3. The highest BCUT2D eigenvalue weighted by Crippen LogP contribution is 2.33. The summed E-state index contributed by atoms with van der Waals surface area (Å²) < 4.78 is 15.2. The second-order valence-electron chi connectivity index (χ2n) is 7.47. The van der Waals surface area contributed by atoms with Gasteiger partial charge in [0.1, 0.15) is 12.6 Å². The van der Waals surface area contributed by atoms with Gasteiger partial charge in [-0.25, -0.2) is 4.68 Å². The molecule has 0 saturated carbocycles. The van der Waals surface area contributed by atoms with E-state index in [9.17, 15) is 4.79 Å². The highest BCUT2D eigenvalue weighted by atomic mass is 32.1. The first-order chi connectivity index (χ1) is 14.5. The highest BCUT2D eigenvalue weighted by molar-refractivity contribution is 7.71. The van der Waals surface area contributed by atoms with E-state index in [0.29, 0.717) is 42.5 Å². The molecular formula is C19H21N7O3S. The monoisotopic (exact) mass is 427 g/mol. The van der Waals surface area contributed by atoms with E-state index in [0.717, 1.165) is 5.56 Å². The molecule has 3 unspecified atom stereocenters. The molecule has 156 valence electrons. The molecule has 2 bridgehead atoms. The summed E-state index contributed by atoms with van der Waals surface area (Å²) in [6.45, 7) is 5.34. The Bertz CT molecular complexity index is 1150. The van der Waals surface area contributed by atoms with Crippen LogP contribution in [-0.2, 0) is 27.4 Å². The van der Waals surface area contributed by atoms with E-state index in [-0.39, 0.29) is 17.9 Å². The summed E-state index contributed by atoms with van der Waals surface area (Å²) >= 11 is 5.65. The van der Waals surface area contributed by atoms with Gasteiger partial charge in [-0.3, -0.25) is 4.79 Å². The van der Waals surface area contributed by atoms with Gasteiger partial charge in [0.15, 0.2) is 16.4 Å². The molecule has 0 radical (unpaired) electrons. The van der Waals surface area contributed by atoms with E-state index in [4.69, 9.17) is 26.8 Å². The molecule has 2 saturated heterocycles. The van der Waals surface area contributed by atoms with Crippen molar-refractivity contribution < 1.29 is 14.3 Å². The van der Waals surface area contributed by atoms with Gasteiger partial charge in [-0.05, 0) is 31.3 Å². The summed E-state index contributed by atoms with van der Waals surface area (Å²) in [5.41, 5.74) is 2.07. The van der Waals surface area contributed by atoms with E-state index >= 15 is 0 Å². The topological polar surface area (TPSA) is 102 Å². The molecule has 0 N–H and O–H groups in total. The maximum absolute atomic E-state index is 12.2. The summed E-state index contributed by atoms with van der Waals surface area (Å²) in [5, 5.41) is 17.5. The van der Waals surface area contributed by atoms with Crippen molar-refractivity contribution in [1.82, 2.24) is 34.6 Å². The maximum Gasteiger partial charge on any atom is 0.218 e. The second-order valence-corrected chi connectivity index (χ2v) is 7.84. The van der Waals surface area contributed by atoms with Gasteiger partial charge in [0.25, 0.3) is 0 Å². The van der Waals surface area contributed by atoms with Crippen molar-refractivity contribution in [3.8, 4) is 11.4 Å². The summed E-state index contributed by atoms with van der Waals surface area (Å²) in [4.78, 5) is 13.7. The third-order valence-electron chi connectivity index (χ3n) is 5.45. The zero-order valence-corrected chi connectivity index (χ0v) is 17.4. The van der Waals surface area contributed by atoms with Crippen LogP contribution in [0.1, 0.15) is 30.8 Å². The minimum atomic E-state index is -0.743. The Morgan fingerprint density at radius 3 is 2.80 bits per heavy atom. The first-order valence-electron chi connectivity index (χ1n) is 9.86. The van der Waals surface area contributed by atoms with Crippen molar-refractivity contribution in [2.24, 2.45) is 0 Å². The SMILES string of the molecule is CCn1c(Cn2nnc(-c3ccc(C)cc3)n2)nn(C2CC(=O)C3OCC2O3)c1=S. The van der Waals surface area contributed by atoms with Gasteiger partial charge in [-0.2, -0.15) is 9.90 Å². The van der Waals surface area contributed by atoms with Crippen LogP contribution in [0.25, 0.3) is 11.4 Å². The number of benzene rings is 1. The van der Waals surface area contributed by atoms with Crippen LogP contribution in [0.15, 0.2) is 24.3 Å². The Morgan fingerprint density at radius 1 is 1.23 bits per heavy atom.